The second kappa shape index (κ2) is 6.66. The number of aromatic nitrogens is 1. The molecule has 1 fully saturated rings. The van der Waals surface area contributed by atoms with Gasteiger partial charge in [0.05, 0.1) is 17.8 Å². The van der Waals surface area contributed by atoms with E-state index in [1.165, 1.54) is 5.01 Å². The standard InChI is InChI=1S/C22H16N4O2/c27-21-14-20(25-26(21)17-9-5-2-6-10-17)23-16-11-12-18-19(13-16)28-22(24-18)15-7-3-1-4-8-15/h1-13H,14H2,(H,23,25). The number of nitrogens with one attached hydrogen (secondary N) is 1. The third kappa shape index (κ3) is 3.01. The van der Waals surface area contributed by atoms with Crippen LogP contribution in [0.4, 0.5) is 11.4 Å². The number of hydrogen-bond acceptors (Lipinski definition) is 4. The van der Waals surface area contributed by atoms with E-state index < -0.39 is 0 Å². The second-order valence-electron chi connectivity index (χ2n) is 6.45. The van der Waals surface area contributed by atoms with Crippen LogP contribution >= 0.6 is 0 Å². The first-order valence-corrected chi connectivity index (χ1v) is 8.94. The molecule has 1 N–H and O–H groups in total. The Hall–Kier alpha value is -3.93. The summed E-state index contributed by atoms with van der Waals surface area (Å²) in [5.74, 6) is 1.12. The molecule has 1 aliphatic heterocycles. The SMILES string of the molecule is O=C1CC(=Nc2ccc3nc(-c4ccccc4)oc3c2)NN1c1ccccc1. The molecular formula is C22H16N4O2. The maximum atomic E-state index is 12.3. The lowest BCUT2D eigenvalue weighted by molar-refractivity contribution is -0.116. The van der Waals surface area contributed by atoms with Crippen LogP contribution in [0.2, 0.25) is 0 Å². The van der Waals surface area contributed by atoms with E-state index in [4.69, 9.17) is 4.42 Å². The third-order valence-corrected chi connectivity index (χ3v) is 4.48. The topological polar surface area (TPSA) is 70.7 Å². The van der Waals surface area contributed by atoms with E-state index in [1.807, 2.05) is 78.9 Å². The van der Waals surface area contributed by atoms with Gasteiger partial charge in [-0.1, -0.05) is 36.4 Å². The molecular weight excluding hydrogens is 352 g/mol. The van der Waals surface area contributed by atoms with Crippen LogP contribution in [0.5, 0.6) is 0 Å². The minimum Gasteiger partial charge on any atom is -0.436 e. The van der Waals surface area contributed by atoms with Crippen LogP contribution in [0.3, 0.4) is 0 Å². The number of rotatable bonds is 3. The van der Waals surface area contributed by atoms with Crippen LogP contribution in [-0.2, 0) is 4.79 Å². The zero-order chi connectivity index (χ0) is 18.9. The van der Waals surface area contributed by atoms with Crippen LogP contribution in [-0.4, -0.2) is 16.7 Å². The molecule has 0 radical (unpaired) electrons. The Morgan fingerprint density at radius 2 is 1.71 bits per heavy atom. The lowest BCUT2D eigenvalue weighted by Gasteiger charge is -2.15. The van der Waals surface area contributed by atoms with Gasteiger partial charge in [0.1, 0.15) is 11.4 Å². The summed E-state index contributed by atoms with van der Waals surface area (Å²) in [6.45, 7) is 0. The zero-order valence-corrected chi connectivity index (χ0v) is 14.9. The minimum absolute atomic E-state index is 0.0444. The molecule has 0 atom stereocenters. The number of nitrogens with zero attached hydrogens (tertiary/aromatic N) is 3. The number of oxazole rings is 1. The predicted octanol–water partition coefficient (Wildman–Crippen LogP) is 4.47. The number of para-hydroxylation sites is 1. The van der Waals surface area contributed by atoms with Crippen molar-refractivity contribution < 1.29 is 9.21 Å². The molecule has 3 aromatic carbocycles. The van der Waals surface area contributed by atoms with E-state index in [-0.39, 0.29) is 12.3 Å². The number of carbonyl (C=O) groups excluding carboxylic acids is 1. The highest BCUT2D eigenvalue weighted by Crippen LogP contribution is 2.27. The van der Waals surface area contributed by atoms with Gasteiger partial charge in [0.25, 0.3) is 5.91 Å². The lowest BCUT2D eigenvalue weighted by atomic mass is 10.2. The van der Waals surface area contributed by atoms with Crippen molar-refractivity contribution in [3.8, 4) is 11.5 Å². The van der Waals surface area contributed by atoms with Crippen molar-refractivity contribution in [3.63, 3.8) is 0 Å². The van der Waals surface area contributed by atoms with Crippen LogP contribution in [0.15, 0.2) is 88.3 Å². The highest BCUT2D eigenvalue weighted by atomic mass is 16.3. The molecule has 4 aromatic rings. The molecule has 0 bridgehead atoms. The summed E-state index contributed by atoms with van der Waals surface area (Å²) in [5.41, 5.74) is 6.91. The normalized spacial score (nSPS) is 15.4. The van der Waals surface area contributed by atoms with E-state index in [1.54, 1.807) is 0 Å². The highest BCUT2D eigenvalue weighted by Gasteiger charge is 2.26. The first-order valence-electron chi connectivity index (χ1n) is 8.94. The molecule has 6 nitrogen and oxygen atoms in total. The van der Waals surface area contributed by atoms with Crippen molar-refractivity contribution in [1.29, 1.82) is 0 Å². The van der Waals surface area contributed by atoms with Gasteiger partial charge in [-0.25, -0.2) is 15.0 Å². The Kier molecular flexibility index (Phi) is 3.87. The minimum atomic E-state index is -0.0444. The van der Waals surface area contributed by atoms with Gasteiger partial charge < -0.3 is 4.42 Å². The first-order chi connectivity index (χ1) is 13.8. The lowest BCUT2D eigenvalue weighted by Crippen LogP contribution is -2.35. The summed E-state index contributed by atoms with van der Waals surface area (Å²) < 4.78 is 5.89. The van der Waals surface area contributed by atoms with Crippen LogP contribution in [0.1, 0.15) is 6.42 Å². The van der Waals surface area contributed by atoms with E-state index in [0.29, 0.717) is 23.0 Å². The Bertz CT molecular complexity index is 1180. The van der Waals surface area contributed by atoms with E-state index in [2.05, 4.69) is 15.4 Å². The Balaban J connectivity index is 1.43. The average molecular weight is 368 g/mol. The summed E-state index contributed by atoms with van der Waals surface area (Å²) in [4.78, 5) is 21.4. The number of aliphatic imine (C=N–C) groups is 1. The van der Waals surface area contributed by atoms with Gasteiger partial charge >= 0.3 is 0 Å². The molecule has 1 amide bonds. The quantitative estimate of drug-likeness (QED) is 0.579. The molecule has 0 aliphatic carbocycles. The molecule has 1 saturated heterocycles. The van der Waals surface area contributed by atoms with E-state index in [0.717, 1.165) is 16.8 Å². The monoisotopic (exact) mass is 368 g/mol. The molecule has 1 aliphatic rings. The average Bonchev–Trinajstić information content (AvgIpc) is 3.32. The van der Waals surface area contributed by atoms with Crippen molar-refractivity contribution in [2.45, 2.75) is 6.42 Å². The van der Waals surface area contributed by atoms with Crippen LogP contribution in [0, 0.1) is 0 Å². The molecule has 0 saturated carbocycles. The van der Waals surface area contributed by atoms with E-state index in [9.17, 15) is 4.79 Å². The van der Waals surface area contributed by atoms with Crippen molar-refractivity contribution in [1.82, 2.24) is 10.4 Å². The smallest absolute Gasteiger partial charge is 0.253 e. The second-order valence-corrected chi connectivity index (χ2v) is 6.45. The van der Waals surface area contributed by atoms with Gasteiger partial charge in [0, 0.05) is 11.6 Å². The molecule has 136 valence electrons. The van der Waals surface area contributed by atoms with Gasteiger partial charge in [-0.2, -0.15) is 0 Å². The van der Waals surface area contributed by atoms with Crippen molar-refractivity contribution in [2.24, 2.45) is 4.99 Å². The number of fused-ring (bicyclic) bond motifs is 1. The third-order valence-electron chi connectivity index (χ3n) is 4.48. The van der Waals surface area contributed by atoms with Crippen molar-refractivity contribution >= 4 is 34.2 Å². The Morgan fingerprint density at radius 1 is 0.964 bits per heavy atom. The summed E-state index contributed by atoms with van der Waals surface area (Å²) in [6.07, 6.45) is 0.221. The number of amidine groups is 1. The zero-order valence-electron chi connectivity index (χ0n) is 14.9. The van der Waals surface area contributed by atoms with Gasteiger partial charge in [0.2, 0.25) is 5.89 Å². The highest BCUT2D eigenvalue weighted by molar-refractivity contribution is 6.14. The molecule has 0 unspecified atom stereocenters. The summed E-state index contributed by atoms with van der Waals surface area (Å²) in [6, 6.07) is 24.8. The Morgan fingerprint density at radius 3 is 2.50 bits per heavy atom. The molecule has 5 rings (SSSR count). The fraction of sp³-hybridized carbons (Fsp3) is 0.0455. The fourth-order valence-electron chi connectivity index (χ4n) is 3.15. The van der Waals surface area contributed by atoms with E-state index >= 15 is 0 Å². The number of hydrazine groups is 1. The first kappa shape index (κ1) is 16.3. The summed E-state index contributed by atoms with van der Waals surface area (Å²) >= 11 is 0. The summed E-state index contributed by atoms with van der Waals surface area (Å²) in [7, 11) is 0. The van der Waals surface area contributed by atoms with Crippen LogP contribution < -0.4 is 10.4 Å². The van der Waals surface area contributed by atoms with Gasteiger partial charge in [-0.15, -0.1) is 0 Å². The predicted molar refractivity (Wildman–Crippen MR) is 108 cm³/mol. The molecule has 1 aromatic heterocycles. The number of anilines is 1. The molecule has 28 heavy (non-hydrogen) atoms. The molecule has 0 spiro atoms. The number of benzene rings is 3. The van der Waals surface area contributed by atoms with Crippen molar-refractivity contribution in [3.05, 3.63) is 78.9 Å². The number of hydrogen-bond donors (Lipinski definition) is 1. The number of carbonyl (C=O) groups is 1. The summed E-state index contributed by atoms with van der Waals surface area (Å²) in [5, 5.41) is 1.51. The van der Waals surface area contributed by atoms with Gasteiger partial charge in [-0.3, -0.25) is 10.2 Å². The van der Waals surface area contributed by atoms with Gasteiger partial charge in [-0.05, 0) is 36.4 Å². The maximum Gasteiger partial charge on any atom is 0.253 e. The number of amides is 1. The largest absolute Gasteiger partial charge is 0.436 e. The molecule has 2 heterocycles. The van der Waals surface area contributed by atoms with Crippen molar-refractivity contribution in [2.75, 3.05) is 5.01 Å². The Labute approximate surface area is 161 Å². The van der Waals surface area contributed by atoms with Gasteiger partial charge in [0.15, 0.2) is 5.58 Å². The van der Waals surface area contributed by atoms with Crippen LogP contribution in [0.25, 0.3) is 22.6 Å². The fourth-order valence-corrected chi connectivity index (χ4v) is 3.15. The maximum absolute atomic E-state index is 12.3. The molecule has 6 heteroatoms.